The van der Waals surface area contributed by atoms with Crippen LogP contribution >= 0.6 is 0 Å². The number of aryl methyl sites for hydroxylation is 1. The average Bonchev–Trinajstić information content (AvgIpc) is 3.14. The first-order valence-corrected chi connectivity index (χ1v) is 11.0. The molecule has 8 heteroatoms. The maximum Gasteiger partial charge on any atom is 0.265 e. The lowest BCUT2D eigenvalue weighted by Gasteiger charge is -2.11. The molecule has 0 unspecified atom stereocenters. The van der Waals surface area contributed by atoms with Gasteiger partial charge < -0.3 is 9.47 Å². The summed E-state index contributed by atoms with van der Waals surface area (Å²) in [6.07, 6.45) is 0.727. The Morgan fingerprint density at radius 1 is 0.970 bits per heavy atom. The van der Waals surface area contributed by atoms with Crippen molar-refractivity contribution in [1.29, 1.82) is 0 Å². The van der Waals surface area contributed by atoms with E-state index in [0.29, 0.717) is 53.5 Å². The minimum atomic E-state index is -0.120. The Morgan fingerprint density at radius 3 is 2.52 bits per heavy atom. The van der Waals surface area contributed by atoms with E-state index in [1.165, 1.54) is 0 Å². The van der Waals surface area contributed by atoms with Gasteiger partial charge >= 0.3 is 0 Å². The summed E-state index contributed by atoms with van der Waals surface area (Å²) in [5.74, 6) is 1.35. The van der Waals surface area contributed by atoms with E-state index in [4.69, 9.17) is 24.4 Å². The van der Waals surface area contributed by atoms with E-state index in [2.05, 4.69) is 0 Å². The lowest BCUT2D eigenvalue weighted by Crippen LogP contribution is -2.24. The molecule has 5 aromatic rings. The molecule has 3 heterocycles. The normalized spacial score (nSPS) is 11.6. The van der Waals surface area contributed by atoms with E-state index < -0.39 is 0 Å². The van der Waals surface area contributed by atoms with Gasteiger partial charge in [-0.05, 0) is 44.5 Å². The summed E-state index contributed by atoms with van der Waals surface area (Å²) in [5.41, 5.74) is 3.85. The molecule has 0 aliphatic heterocycles. The number of benzene rings is 2. The molecule has 0 spiro atoms. The highest BCUT2D eigenvalue weighted by atomic mass is 16.5. The fourth-order valence-corrected chi connectivity index (χ4v) is 4.16. The zero-order valence-electron chi connectivity index (χ0n) is 18.9. The van der Waals surface area contributed by atoms with Gasteiger partial charge in [0.05, 0.1) is 23.8 Å². The fourth-order valence-electron chi connectivity index (χ4n) is 4.16. The molecular formula is C25H25N5O3. The van der Waals surface area contributed by atoms with Crippen molar-refractivity contribution in [2.45, 2.75) is 26.8 Å². The quantitative estimate of drug-likeness (QED) is 0.353. The van der Waals surface area contributed by atoms with Gasteiger partial charge in [-0.25, -0.2) is 15.0 Å². The molecule has 0 N–H and O–H groups in total. The van der Waals surface area contributed by atoms with Crippen molar-refractivity contribution in [3.8, 4) is 11.4 Å². The Hall–Kier alpha value is -3.78. The van der Waals surface area contributed by atoms with Crippen LogP contribution in [0.1, 0.15) is 19.2 Å². The third-order valence-electron chi connectivity index (χ3n) is 5.74. The summed E-state index contributed by atoms with van der Waals surface area (Å²) in [6.45, 7) is 5.59. The molecule has 168 valence electrons. The minimum absolute atomic E-state index is 0.120. The predicted molar refractivity (Wildman–Crippen MR) is 128 cm³/mol. The molecule has 8 nitrogen and oxygen atoms in total. The third kappa shape index (κ3) is 3.62. The van der Waals surface area contributed by atoms with Gasteiger partial charge in [0.2, 0.25) is 0 Å². The molecule has 33 heavy (non-hydrogen) atoms. The number of fused-ring (bicyclic) bond motifs is 4. The lowest BCUT2D eigenvalue weighted by molar-refractivity contribution is 0.141. The van der Waals surface area contributed by atoms with Gasteiger partial charge in [0.25, 0.3) is 5.56 Å². The molecular weight excluding hydrogens is 418 g/mol. The number of hydrogen-bond acceptors (Lipinski definition) is 6. The van der Waals surface area contributed by atoms with Crippen molar-refractivity contribution in [1.82, 2.24) is 24.1 Å². The highest BCUT2D eigenvalue weighted by molar-refractivity contribution is 6.05. The van der Waals surface area contributed by atoms with Crippen LogP contribution in [-0.2, 0) is 11.3 Å². The van der Waals surface area contributed by atoms with Crippen molar-refractivity contribution >= 4 is 33.2 Å². The number of ether oxygens (including phenoxy) is 2. The van der Waals surface area contributed by atoms with E-state index in [1.54, 1.807) is 11.7 Å². The first-order valence-electron chi connectivity index (χ1n) is 11.0. The maximum atomic E-state index is 13.7. The fraction of sp³-hybridized carbons (Fsp3) is 0.280. The van der Waals surface area contributed by atoms with Crippen molar-refractivity contribution in [2.75, 3.05) is 20.3 Å². The zero-order valence-corrected chi connectivity index (χ0v) is 18.9. The average molecular weight is 444 g/mol. The summed E-state index contributed by atoms with van der Waals surface area (Å²) in [4.78, 5) is 28.3. The van der Waals surface area contributed by atoms with Crippen LogP contribution in [0.25, 0.3) is 38.9 Å². The van der Waals surface area contributed by atoms with Crippen LogP contribution in [0, 0.1) is 6.92 Å². The second-order valence-corrected chi connectivity index (χ2v) is 7.79. The van der Waals surface area contributed by atoms with E-state index in [-0.39, 0.29) is 5.56 Å². The van der Waals surface area contributed by atoms with Crippen LogP contribution in [0.3, 0.4) is 0 Å². The molecule has 3 aromatic heterocycles. The van der Waals surface area contributed by atoms with Crippen LogP contribution < -0.4 is 10.3 Å². The van der Waals surface area contributed by atoms with E-state index in [9.17, 15) is 4.79 Å². The van der Waals surface area contributed by atoms with Gasteiger partial charge in [-0.3, -0.25) is 13.9 Å². The number of methoxy groups -OCH3 is 1. The Kier molecular flexibility index (Phi) is 5.51. The first kappa shape index (κ1) is 21.1. The number of hydrogen-bond donors (Lipinski definition) is 0. The van der Waals surface area contributed by atoms with Crippen LogP contribution in [0.5, 0.6) is 5.75 Å². The van der Waals surface area contributed by atoms with Crippen LogP contribution in [0.2, 0.25) is 0 Å². The smallest absolute Gasteiger partial charge is 0.265 e. The Labute approximate surface area is 190 Å². The molecule has 0 amide bonds. The molecule has 0 fully saturated rings. The number of nitrogens with zero attached hydrogens (tertiary/aromatic N) is 5. The van der Waals surface area contributed by atoms with Gasteiger partial charge in [-0.15, -0.1) is 0 Å². The summed E-state index contributed by atoms with van der Waals surface area (Å²) in [6, 6.07) is 15.3. The highest BCUT2D eigenvalue weighted by Gasteiger charge is 2.22. The van der Waals surface area contributed by atoms with E-state index >= 15 is 0 Å². The highest BCUT2D eigenvalue weighted by Crippen LogP contribution is 2.29. The Morgan fingerprint density at radius 2 is 1.76 bits per heavy atom. The van der Waals surface area contributed by atoms with Crippen LogP contribution in [0.4, 0.5) is 0 Å². The second-order valence-electron chi connectivity index (χ2n) is 7.79. The minimum Gasteiger partial charge on any atom is -0.497 e. The molecule has 0 bridgehead atoms. The Bertz CT molecular complexity index is 1540. The molecule has 0 radical (unpaired) electrons. The standard InChI is InChI=1S/C25H25N5O3/c1-4-33-14-8-13-29-16(2)26-23-21(25(29)31)22-24(28-20-12-6-5-11-19(20)27-22)30(23)17-9-7-10-18(15-17)32-3/h5-7,9-12,15H,4,8,13-14H2,1-3H3. The molecule has 0 atom stereocenters. The first-order chi connectivity index (χ1) is 16.1. The molecule has 0 aliphatic carbocycles. The summed E-state index contributed by atoms with van der Waals surface area (Å²) in [5, 5.41) is 0.466. The third-order valence-corrected chi connectivity index (χ3v) is 5.74. The largest absolute Gasteiger partial charge is 0.497 e. The summed E-state index contributed by atoms with van der Waals surface area (Å²) in [7, 11) is 1.63. The Balaban J connectivity index is 1.84. The summed E-state index contributed by atoms with van der Waals surface area (Å²) >= 11 is 0. The molecule has 0 saturated heterocycles. The number of aromatic nitrogens is 5. The maximum absolute atomic E-state index is 13.7. The van der Waals surface area contributed by atoms with Crippen molar-refractivity contribution in [2.24, 2.45) is 0 Å². The summed E-state index contributed by atoms with van der Waals surface area (Å²) < 4.78 is 14.5. The van der Waals surface area contributed by atoms with Crippen molar-refractivity contribution in [3.63, 3.8) is 0 Å². The molecule has 2 aromatic carbocycles. The van der Waals surface area contributed by atoms with E-state index in [0.717, 1.165) is 23.1 Å². The van der Waals surface area contributed by atoms with Gasteiger partial charge in [-0.2, -0.15) is 0 Å². The lowest BCUT2D eigenvalue weighted by atomic mass is 10.3. The second kappa shape index (κ2) is 8.63. The van der Waals surface area contributed by atoms with Crippen LogP contribution in [0.15, 0.2) is 53.3 Å². The monoisotopic (exact) mass is 443 g/mol. The molecule has 0 saturated carbocycles. The van der Waals surface area contributed by atoms with Gasteiger partial charge in [0.15, 0.2) is 11.3 Å². The number of rotatable bonds is 7. The molecule has 0 aliphatic rings. The number of para-hydroxylation sites is 2. The molecule has 5 rings (SSSR count). The topological polar surface area (TPSA) is 84.1 Å². The predicted octanol–water partition coefficient (Wildman–Crippen LogP) is 4.03. The van der Waals surface area contributed by atoms with Gasteiger partial charge in [0, 0.05) is 25.8 Å². The SMILES string of the molecule is CCOCCCn1c(C)nc2c(c1=O)c1nc3ccccc3nc1n2-c1cccc(OC)c1. The van der Waals surface area contributed by atoms with Gasteiger partial charge in [0.1, 0.15) is 22.5 Å². The van der Waals surface area contributed by atoms with Crippen molar-refractivity contribution in [3.05, 3.63) is 64.7 Å². The van der Waals surface area contributed by atoms with Crippen molar-refractivity contribution < 1.29 is 9.47 Å². The van der Waals surface area contributed by atoms with Crippen LogP contribution in [-0.4, -0.2) is 44.4 Å². The zero-order chi connectivity index (χ0) is 22.9. The van der Waals surface area contributed by atoms with E-state index in [1.807, 2.05) is 66.9 Å². The van der Waals surface area contributed by atoms with Gasteiger partial charge in [-0.1, -0.05) is 18.2 Å².